The second-order valence-electron chi connectivity index (χ2n) is 4.07. The summed E-state index contributed by atoms with van der Waals surface area (Å²) in [5, 5.41) is 9.09. The number of carboxylic acids is 1. The summed E-state index contributed by atoms with van der Waals surface area (Å²) in [5.41, 5.74) is 0.527. The van der Waals surface area contributed by atoms with Crippen LogP contribution in [0.3, 0.4) is 0 Å². The molecule has 96 valence electrons. The van der Waals surface area contributed by atoms with E-state index in [0.29, 0.717) is 5.56 Å². The van der Waals surface area contributed by atoms with E-state index in [1.54, 1.807) is 0 Å². The molecule has 1 fully saturated rings. The van der Waals surface area contributed by atoms with Gasteiger partial charge in [0.2, 0.25) is 5.91 Å². The number of amides is 1. The van der Waals surface area contributed by atoms with E-state index in [2.05, 4.69) is 0 Å². The van der Waals surface area contributed by atoms with Crippen molar-refractivity contribution in [3.8, 4) is 0 Å². The van der Waals surface area contributed by atoms with Gasteiger partial charge in [0.15, 0.2) is 6.10 Å². The number of aliphatic carboxylic acids is 1. The minimum atomic E-state index is -1.15. The number of rotatable bonds is 2. The van der Waals surface area contributed by atoms with Crippen molar-refractivity contribution in [3.05, 3.63) is 35.6 Å². The van der Waals surface area contributed by atoms with Crippen molar-refractivity contribution in [2.75, 3.05) is 13.7 Å². The molecule has 2 atom stereocenters. The van der Waals surface area contributed by atoms with Gasteiger partial charge in [0.1, 0.15) is 12.4 Å². The lowest BCUT2D eigenvalue weighted by Gasteiger charge is -2.37. The number of benzene rings is 1. The molecule has 0 aliphatic carbocycles. The molecule has 1 heterocycles. The van der Waals surface area contributed by atoms with Crippen LogP contribution in [-0.2, 0) is 14.3 Å². The number of hydrogen-bond donors (Lipinski definition) is 1. The van der Waals surface area contributed by atoms with Crippen LogP contribution in [0.25, 0.3) is 0 Å². The predicted octanol–water partition coefficient (Wildman–Crippen LogP) is 0.809. The number of hydrogen-bond acceptors (Lipinski definition) is 3. The van der Waals surface area contributed by atoms with Crippen molar-refractivity contribution in [1.82, 2.24) is 4.90 Å². The van der Waals surface area contributed by atoms with Gasteiger partial charge in [-0.3, -0.25) is 4.79 Å². The van der Waals surface area contributed by atoms with E-state index in [0.717, 1.165) is 0 Å². The molecular weight excluding hydrogens is 241 g/mol. The maximum absolute atomic E-state index is 12.9. The third kappa shape index (κ3) is 2.19. The predicted molar refractivity (Wildman–Crippen MR) is 59.3 cm³/mol. The first-order valence-corrected chi connectivity index (χ1v) is 5.36. The molecule has 0 unspecified atom stereocenters. The number of carboxylic acid groups (broad SMARTS) is 1. The Morgan fingerprint density at radius 1 is 1.44 bits per heavy atom. The molecule has 1 N–H and O–H groups in total. The Hall–Kier alpha value is -1.95. The van der Waals surface area contributed by atoms with E-state index in [9.17, 15) is 14.0 Å². The Labute approximate surface area is 103 Å². The molecule has 1 saturated heterocycles. The zero-order valence-corrected chi connectivity index (χ0v) is 9.67. The first-order valence-electron chi connectivity index (χ1n) is 5.36. The van der Waals surface area contributed by atoms with Crippen LogP contribution in [0.15, 0.2) is 24.3 Å². The molecule has 0 bridgehead atoms. The Morgan fingerprint density at radius 3 is 2.61 bits per heavy atom. The molecule has 1 aliphatic heterocycles. The van der Waals surface area contributed by atoms with Crippen LogP contribution in [0.5, 0.6) is 0 Å². The molecule has 2 rings (SSSR count). The van der Waals surface area contributed by atoms with Crippen LogP contribution in [0.4, 0.5) is 4.39 Å². The van der Waals surface area contributed by atoms with Gasteiger partial charge in [-0.1, -0.05) is 12.1 Å². The van der Waals surface area contributed by atoms with Gasteiger partial charge >= 0.3 is 5.97 Å². The Kier molecular flexibility index (Phi) is 3.29. The smallest absolute Gasteiger partial charge is 0.335 e. The van der Waals surface area contributed by atoms with Gasteiger partial charge in [-0.25, -0.2) is 9.18 Å². The van der Waals surface area contributed by atoms with Crippen LogP contribution in [0, 0.1) is 5.82 Å². The molecule has 1 aromatic carbocycles. The second-order valence-corrected chi connectivity index (χ2v) is 4.07. The van der Waals surface area contributed by atoms with Gasteiger partial charge in [0.05, 0.1) is 6.04 Å². The monoisotopic (exact) mass is 253 g/mol. The zero-order chi connectivity index (χ0) is 13.3. The summed E-state index contributed by atoms with van der Waals surface area (Å²) in [4.78, 5) is 24.0. The highest BCUT2D eigenvalue weighted by Gasteiger charge is 2.39. The van der Waals surface area contributed by atoms with Crippen LogP contribution >= 0.6 is 0 Å². The highest BCUT2D eigenvalue weighted by atomic mass is 19.1. The largest absolute Gasteiger partial charge is 0.479 e. The van der Waals surface area contributed by atoms with Gasteiger partial charge in [0, 0.05) is 7.05 Å². The quantitative estimate of drug-likeness (QED) is 0.847. The maximum atomic E-state index is 12.9. The fourth-order valence-corrected chi connectivity index (χ4v) is 1.98. The third-order valence-electron chi connectivity index (χ3n) is 2.94. The molecule has 1 aromatic rings. The van der Waals surface area contributed by atoms with E-state index in [4.69, 9.17) is 9.84 Å². The number of likely N-dealkylation sites (N-methyl/N-ethyl adjacent to an activating group) is 1. The SMILES string of the molecule is CN1C(=O)CO[C@H](C(=O)O)[C@H]1c1ccc(F)cc1. The topological polar surface area (TPSA) is 66.8 Å². The van der Waals surface area contributed by atoms with Crippen molar-refractivity contribution in [2.24, 2.45) is 0 Å². The third-order valence-corrected chi connectivity index (χ3v) is 2.94. The first kappa shape index (κ1) is 12.5. The Morgan fingerprint density at radius 2 is 2.06 bits per heavy atom. The van der Waals surface area contributed by atoms with Crippen LogP contribution in [-0.4, -0.2) is 41.6 Å². The lowest BCUT2D eigenvalue weighted by Crippen LogP contribution is -2.50. The molecule has 0 saturated carbocycles. The molecule has 18 heavy (non-hydrogen) atoms. The number of nitrogens with zero attached hydrogens (tertiary/aromatic N) is 1. The lowest BCUT2D eigenvalue weighted by atomic mass is 9.98. The minimum Gasteiger partial charge on any atom is -0.479 e. The summed E-state index contributed by atoms with van der Waals surface area (Å²) in [6.45, 7) is -0.259. The molecule has 0 radical (unpaired) electrons. The molecular formula is C12H12FNO4. The van der Waals surface area contributed by atoms with E-state index >= 15 is 0 Å². The number of ether oxygens (including phenoxy) is 1. The van der Waals surface area contributed by atoms with Crippen LogP contribution in [0.1, 0.15) is 11.6 Å². The second kappa shape index (κ2) is 4.73. The van der Waals surface area contributed by atoms with Gasteiger partial charge in [-0.05, 0) is 17.7 Å². The Balaban J connectivity index is 2.37. The molecule has 1 amide bonds. The molecule has 0 aromatic heterocycles. The van der Waals surface area contributed by atoms with Gasteiger partial charge in [-0.2, -0.15) is 0 Å². The average molecular weight is 253 g/mol. The fourth-order valence-electron chi connectivity index (χ4n) is 1.98. The number of halogens is 1. The van der Waals surface area contributed by atoms with Gasteiger partial charge in [-0.15, -0.1) is 0 Å². The lowest BCUT2D eigenvalue weighted by molar-refractivity contribution is -0.171. The van der Waals surface area contributed by atoms with E-state index in [1.807, 2.05) is 0 Å². The van der Waals surface area contributed by atoms with Crippen molar-refractivity contribution in [3.63, 3.8) is 0 Å². The van der Waals surface area contributed by atoms with Crippen LogP contribution < -0.4 is 0 Å². The highest BCUT2D eigenvalue weighted by molar-refractivity contribution is 5.82. The highest BCUT2D eigenvalue weighted by Crippen LogP contribution is 2.29. The fraction of sp³-hybridized carbons (Fsp3) is 0.333. The van der Waals surface area contributed by atoms with Crippen molar-refractivity contribution in [2.45, 2.75) is 12.1 Å². The van der Waals surface area contributed by atoms with E-state index < -0.39 is 23.9 Å². The number of carbonyl (C=O) groups is 2. The zero-order valence-electron chi connectivity index (χ0n) is 9.67. The minimum absolute atomic E-state index is 0.259. The average Bonchev–Trinajstić information content (AvgIpc) is 2.33. The Bertz CT molecular complexity index is 473. The maximum Gasteiger partial charge on any atom is 0.335 e. The summed E-state index contributed by atoms with van der Waals surface area (Å²) in [6.07, 6.45) is -1.14. The van der Waals surface area contributed by atoms with E-state index in [-0.39, 0.29) is 12.5 Å². The molecule has 6 heteroatoms. The summed E-state index contributed by atoms with van der Waals surface area (Å²) < 4.78 is 17.9. The summed E-state index contributed by atoms with van der Waals surface area (Å²) in [7, 11) is 1.51. The van der Waals surface area contributed by atoms with Crippen molar-refractivity contribution < 1.29 is 23.8 Å². The first-order chi connectivity index (χ1) is 8.50. The standard InChI is InChI=1S/C12H12FNO4/c1-14-9(15)6-18-11(12(16)17)10(14)7-2-4-8(13)5-3-7/h2-5,10-11H,6H2,1H3,(H,16,17)/t10-,11+/m1/s1. The van der Waals surface area contributed by atoms with Crippen molar-refractivity contribution in [1.29, 1.82) is 0 Å². The summed E-state index contributed by atoms with van der Waals surface area (Å²) in [5.74, 6) is -1.87. The summed E-state index contributed by atoms with van der Waals surface area (Å²) >= 11 is 0. The van der Waals surface area contributed by atoms with Crippen LogP contribution in [0.2, 0.25) is 0 Å². The molecule has 1 aliphatic rings. The number of morpholine rings is 1. The normalized spacial score (nSPS) is 24.1. The van der Waals surface area contributed by atoms with Gasteiger partial charge in [0.25, 0.3) is 0 Å². The van der Waals surface area contributed by atoms with Gasteiger partial charge < -0.3 is 14.7 Å². The molecule has 0 spiro atoms. The summed E-state index contributed by atoms with van der Waals surface area (Å²) in [6, 6.07) is 4.61. The number of carbonyl (C=O) groups excluding carboxylic acids is 1. The van der Waals surface area contributed by atoms with Crippen molar-refractivity contribution >= 4 is 11.9 Å². The van der Waals surface area contributed by atoms with E-state index in [1.165, 1.54) is 36.2 Å². The molecule has 5 nitrogen and oxygen atoms in total.